The Morgan fingerprint density at radius 1 is 0.898 bits per heavy atom. The van der Waals surface area contributed by atoms with Crippen LogP contribution < -0.4 is 10.6 Å². The van der Waals surface area contributed by atoms with Gasteiger partial charge in [0.05, 0.1) is 17.6 Å². The first-order chi connectivity index (χ1) is 28.7. The van der Waals surface area contributed by atoms with E-state index in [0.717, 1.165) is 128 Å². The molecule has 5 aliphatic rings. The van der Waals surface area contributed by atoms with Crippen LogP contribution in [-0.2, 0) is 28.2 Å². The van der Waals surface area contributed by atoms with Gasteiger partial charge in [-0.05, 0) is 94.0 Å². The van der Waals surface area contributed by atoms with Gasteiger partial charge < -0.3 is 15.1 Å². The molecule has 5 aromatic rings. The number of aliphatic imine (C=N–C) groups is 1. The van der Waals surface area contributed by atoms with Gasteiger partial charge in [-0.1, -0.05) is 48.7 Å². The summed E-state index contributed by atoms with van der Waals surface area (Å²) in [5.74, 6) is 0.969. The SMILES string of the molecule is Cc1nnc2n1-c1ccc(-c3cnn(CCCCCCN4CC[C@@H](Nc5cccc6c5CN(C5CCC(=O)NC5=O)C6=O)C4)c3)cc1C(c1ccc(Cl)cc1)=NC21CC1. The number of anilines is 1. The summed E-state index contributed by atoms with van der Waals surface area (Å²) < 4.78 is 4.24. The largest absolute Gasteiger partial charge is 0.381 e. The molecule has 0 bridgehead atoms. The molecule has 1 aliphatic carbocycles. The number of piperidine rings is 1. The molecule has 1 unspecified atom stereocenters. The van der Waals surface area contributed by atoms with E-state index in [1.807, 2.05) is 55.6 Å². The number of amides is 3. The Kier molecular flexibility index (Phi) is 9.67. The van der Waals surface area contributed by atoms with Crippen molar-refractivity contribution in [1.82, 2.24) is 39.7 Å². The van der Waals surface area contributed by atoms with E-state index in [2.05, 4.69) is 59.4 Å². The van der Waals surface area contributed by atoms with Crippen molar-refractivity contribution in [2.45, 2.75) is 95.4 Å². The standard InChI is InChI=1S/C45H47ClN10O3/c1-28-51-52-44-45(18-19-45)50-41(29-9-12-32(46)13-10-29)35-23-30(11-14-38(35)56(28)44)31-24-47-54(25-31)21-5-3-2-4-20-53-22-17-33(26-53)48-37-8-6-7-34-36(37)27-55(43(34)59)39-15-16-40(57)49-42(39)58/h6-14,23-25,33,39,48H,2-5,15-22,26-27H2,1H3,(H,49,57,58)/t33-,39?/m1/s1. The minimum atomic E-state index is -0.610. The molecule has 0 radical (unpaired) electrons. The number of nitrogens with zero attached hydrogens (tertiary/aromatic N) is 8. The number of carbonyl (C=O) groups is 3. The van der Waals surface area contributed by atoms with Crippen LogP contribution >= 0.6 is 11.6 Å². The average molecular weight is 811 g/mol. The van der Waals surface area contributed by atoms with E-state index in [9.17, 15) is 14.4 Å². The molecule has 3 amide bonds. The van der Waals surface area contributed by atoms with Gasteiger partial charge in [-0.2, -0.15) is 5.10 Å². The number of aromatic nitrogens is 5. The summed E-state index contributed by atoms with van der Waals surface area (Å²) in [5.41, 5.74) is 8.42. The van der Waals surface area contributed by atoms with Crippen molar-refractivity contribution < 1.29 is 14.4 Å². The predicted octanol–water partition coefficient (Wildman–Crippen LogP) is 6.44. The highest BCUT2D eigenvalue weighted by Crippen LogP contribution is 2.52. The van der Waals surface area contributed by atoms with Crippen LogP contribution in [0, 0.1) is 6.92 Å². The highest BCUT2D eigenvalue weighted by molar-refractivity contribution is 6.30. The van der Waals surface area contributed by atoms with Crippen LogP contribution in [0.3, 0.4) is 0 Å². The summed E-state index contributed by atoms with van der Waals surface area (Å²) in [5, 5.41) is 20.6. The lowest BCUT2D eigenvalue weighted by Crippen LogP contribution is -2.52. The van der Waals surface area contributed by atoms with Gasteiger partial charge in [0, 0.05) is 83.4 Å². The molecular weight excluding hydrogens is 764 g/mol. The second kappa shape index (κ2) is 15.2. The van der Waals surface area contributed by atoms with Gasteiger partial charge in [0.1, 0.15) is 17.4 Å². The Morgan fingerprint density at radius 3 is 2.53 bits per heavy atom. The molecule has 3 aromatic carbocycles. The Balaban J connectivity index is 0.720. The molecule has 2 aromatic heterocycles. The molecule has 2 N–H and O–H groups in total. The summed E-state index contributed by atoms with van der Waals surface area (Å²) >= 11 is 6.29. The second-order valence-electron chi connectivity index (χ2n) is 16.7. The number of likely N-dealkylation sites (tertiary alicyclic amines) is 1. The number of hydrogen-bond acceptors (Lipinski definition) is 9. The van der Waals surface area contributed by atoms with E-state index >= 15 is 0 Å². The Labute approximate surface area is 347 Å². The fourth-order valence-corrected chi connectivity index (χ4v) is 9.48. The van der Waals surface area contributed by atoms with Gasteiger partial charge in [0.15, 0.2) is 5.82 Å². The third-order valence-electron chi connectivity index (χ3n) is 12.7. The first kappa shape index (κ1) is 37.6. The van der Waals surface area contributed by atoms with Crippen molar-refractivity contribution in [3.05, 3.63) is 112 Å². The molecule has 3 fully saturated rings. The molecular formula is C45H47ClN10O3. The summed E-state index contributed by atoms with van der Waals surface area (Å²) in [4.78, 5) is 47.0. The number of rotatable bonds is 12. The van der Waals surface area contributed by atoms with Gasteiger partial charge in [-0.3, -0.25) is 33.9 Å². The maximum absolute atomic E-state index is 13.3. The average Bonchev–Trinajstić information content (AvgIpc) is 3.57. The van der Waals surface area contributed by atoms with Crippen molar-refractivity contribution in [2.24, 2.45) is 4.99 Å². The molecule has 1 spiro atoms. The summed E-state index contributed by atoms with van der Waals surface area (Å²) in [6.45, 7) is 6.32. The molecule has 14 heteroatoms. The smallest absolute Gasteiger partial charge is 0.255 e. The van der Waals surface area contributed by atoms with Gasteiger partial charge >= 0.3 is 0 Å². The zero-order valence-electron chi connectivity index (χ0n) is 33.2. The van der Waals surface area contributed by atoms with Gasteiger partial charge in [-0.25, -0.2) is 0 Å². The monoisotopic (exact) mass is 810 g/mol. The number of fused-ring (bicyclic) bond motifs is 5. The number of unbranched alkanes of at least 4 members (excludes halogenated alkanes) is 3. The lowest BCUT2D eigenvalue weighted by atomic mass is 9.96. The van der Waals surface area contributed by atoms with Crippen LogP contribution in [-0.4, -0.2) is 89.5 Å². The predicted molar refractivity (Wildman–Crippen MR) is 225 cm³/mol. The number of carbonyl (C=O) groups excluding carboxylic acids is 3. The topological polar surface area (TPSA) is 143 Å². The zero-order valence-corrected chi connectivity index (χ0v) is 33.9. The lowest BCUT2D eigenvalue weighted by molar-refractivity contribution is -0.136. The molecule has 2 atom stereocenters. The van der Waals surface area contributed by atoms with E-state index in [-0.39, 0.29) is 29.7 Å². The van der Waals surface area contributed by atoms with Crippen LogP contribution in [0.4, 0.5) is 5.69 Å². The molecule has 1 saturated carbocycles. The van der Waals surface area contributed by atoms with Crippen LogP contribution in [0.15, 0.2) is 78.0 Å². The summed E-state index contributed by atoms with van der Waals surface area (Å²) in [6.07, 6.45) is 12.2. The summed E-state index contributed by atoms with van der Waals surface area (Å²) in [7, 11) is 0. The fourth-order valence-electron chi connectivity index (χ4n) is 9.35. The van der Waals surface area contributed by atoms with Gasteiger partial charge in [0.2, 0.25) is 11.8 Å². The van der Waals surface area contributed by atoms with E-state index in [1.54, 1.807) is 4.90 Å². The highest BCUT2D eigenvalue weighted by Gasteiger charge is 2.51. The van der Waals surface area contributed by atoms with Crippen molar-refractivity contribution >= 4 is 40.7 Å². The van der Waals surface area contributed by atoms with Crippen LogP contribution in [0.1, 0.15) is 96.5 Å². The third-order valence-corrected chi connectivity index (χ3v) is 12.9. The first-order valence-corrected chi connectivity index (χ1v) is 21.3. The maximum atomic E-state index is 13.3. The van der Waals surface area contributed by atoms with E-state index in [1.165, 1.54) is 0 Å². The van der Waals surface area contributed by atoms with E-state index in [4.69, 9.17) is 21.7 Å². The molecule has 13 nitrogen and oxygen atoms in total. The van der Waals surface area contributed by atoms with Crippen LogP contribution in [0.2, 0.25) is 5.02 Å². The van der Waals surface area contributed by atoms with Crippen LogP contribution in [0.25, 0.3) is 16.8 Å². The van der Waals surface area contributed by atoms with Crippen LogP contribution in [0.5, 0.6) is 0 Å². The molecule has 2 saturated heterocycles. The number of benzene rings is 3. The van der Waals surface area contributed by atoms with Crippen molar-refractivity contribution in [1.29, 1.82) is 0 Å². The van der Waals surface area contributed by atoms with E-state index < -0.39 is 6.04 Å². The quantitative estimate of drug-likeness (QED) is 0.108. The summed E-state index contributed by atoms with van der Waals surface area (Å²) in [6, 6.07) is 20.0. The van der Waals surface area contributed by atoms with Gasteiger partial charge in [0.25, 0.3) is 5.91 Å². The van der Waals surface area contributed by atoms with Crippen molar-refractivity contribution in [3.8, 4) is 16.8 Å². The van der Waals surface area contributed by atoms with E-state index in [0.29, 0.717) is 29.6 Å². The molecule has 4 aliphatic heterocycles. The van der Waals surface area contributed by atoms with Gasteiger partial charge in [-0.15, -0.1) is 10.2 Å². The number of nitrogens with one attached hydrogen (secondary N) is 2. The number of halogens is 1. The zero-order chi connectivity index (χ0) is 40.3. The molecule has 6 heterocycles. The maximum Gasteiger partial charge on any atom is 0.255 e. The highest BCUT2D eigenvalue weighted by atomic mass is 35.5. The fraction of sp³-hybridized carbons (Fsp3) is 0.400. The molecule has 10 rings (SSSR count). The lowest BCUT2D eigenvalue weighted by Gasteiger charge is -2.29. The third kappa shape index (κ3) is 7.14. The minimum absolute atomic E-state index is 0.141. The first-order valence-electron chi connectivity index (χ1n) is 20.9. The minimum Gasteiger partial charge on any atom is -0.381 e. The number of imide groups is 1. The van der Waals surface area contributed by atoms with Crippen molar-refractivity contribution in [2.75, 3.05) is 25.0 Å². The normalized spacial score (nSPS) is 20.6. The number of hydrogen-bond donors (Lipinski definition) is 2. The molecule has 302 valence electrons. The Hall–Kier alpha value is -5.66. The van der Waals surface area contributed by atoms with Crippen molar-refractivity contribution in [3.63, 3.8) is 0 Å². The Morgan fingerprint density at radius 2 is 1.71 bits per heavy atom. The number of aryl methyl sites for hydroxylation is 2. The second-order valence-corrected chi connectivity index (χ2v) is 17.1. The molecule has 59 heavy (non-hydrogen) atoms. The Bertz CT molecular complexity index is 2500.